The van der Waals surface area contributed by atoms with Crippen LogP contribution in [-0.4, -0.2) is 51.8 Å². The fourth-order valence-electron chi connectivity index (χ4n) is 1.54. The third-order valence-corrected chi connectivity index (χ3v) is 2.59. The van der Waals surface area contributed by atoms with Gasteiger partial charge in [-0.3, -0.25) is 9.44 Å². The van der Waals surface area contributed by atoms with Crippen molar-refractivity contribution in [3.8, 4) is 6.32 Å². The topological polar surface area (TPSA) is 51.5 Å². The predicted octanol–water partition coefficient (Wildman–Crippen LogP) is 7.06. The van der Waals surface area contributed by atoms with Crippen LogP contribution in [0.5, 0.6) is 0 Å². The first kappa shape index (κ1) is 40.8. The number of ether oxygens (including phenoxy) is 3. The minimum atomic E-state index is -5.12. The highest BCUT2D eigenvalue weighted by atomic mass is 19.4. The highest BCUT2D eigenvalue weighted by Gasteiger charge is 2.41. The molecule has 0 aromatic rings. The van der Waals surface area contributed by atoms with E-state index in [1.807, 2.05) is 6.92 Å². The van der Waals surface area contributed by atoms with Crippen molar-refractivity contribution in [2.75, 3.05) is 20.6 Å². The minimum absolute atomic E-state index is 0. The van der Waals surface area contributed by atoms with Crippen molar-refractivity contribution in [2.45, 2.75) is 70.6 Å². The van der Waals surface area contributed by atoms with Crippen molar-refractivity contribution in [3.63, 3.8) is 0 Å². The van der Waals surface area contributed by atoms with Crippen LogP contribution in [0.15, 0.2) is 0 Å². The maximum Gasteiger partial charge on any atom is 0.522 e. The van der Waals surface area contributed by atoms with Crippen LogP contribution in [0.4, 0.5) is 57.4 Å². The Bertz CT molecular complexity index is 406. The zero-order chi connectivity index (χ0) is 25.5. The van der Waals surface area contributed by atoms with Crippen LogP contribution in [0.3, 0.4) is 0 Å². The lowest BCUT2D eigenvalue weighted by atomic mass is 10.1. The van der Waals surface area contributed by atoms with Gasteiger partial charge in [0.2, 0.25) is 6.93 Å². The predicted molar refractivity (Wildman–Crippen MR) is 85.9 cm³/mol. The monoisotopic (exact) mass is 513 g/mol. The molecule has 0 fully saturated rings. The summed E-state index contributed by atoms with van der Waals surface area (Å²) < 4.78 is 143. The largest absolute Gasteiger partial charge is 0.522 e. The molecule has 0 aliphatic heterocycles. The molecule has 0 bridgehead atoms. The Labute approximate surface area is 175 Å². The first-order chi connectivity index (χ1) is 14.2. The number of nitrogens with zero attached hydrogens (tertiary/aromatic N) is 1. The Hall–Kier alpha value is -1.54. The number of nitriles is 1. The fourth-order valence-corrected chi connectivity index (χ4v) is 1.54. The van der Waals surface area contributed by atoms with Crippen LogP contribution in [0, 0.1) is 11.6 Å². The molecule has 0 aromatic carbocycles. The molecule has 0 spiro atoms. The first-order valence-electron chi connectivity index (χ1n) is 8.12. The quantitative estimate of drug-likeness (QED) is 0.294. The Morgan fingerprint density at radius 2 is 1.34 bits per heavy atom. The van der Waals surface area contributed by atoms with E-state index in [2.05, 4.69) is 14.2 Å². The summed E-state index contributed by atoms with van der Waals surface area (Å²) in [6.07, 6.45) is -12.8. The second-order valence-corrected chi connectivity index (χ2v) is 4.97. The van der Waals surface area contributed by atoms with Gasteiger partial charge in [-0.2, -0.15) is 18.4 Å². The number of rotatable bonds is 10. The van der Waals surface area contributed by atoms with E-state index in [1.165, 1.54) is 6.92 Å². The van der Waals surface area contributed by atoms with Gasteiger partial charge in [-0.25, -0.2) is 22.0 Å². The molecule has 198 valence electrons. The molecule has 32 heavy (non-hydrogen) atoms. The molecular weight excluding hydrogens is 489 g/mol. The second kappa shape index (κ2) is 25.7. The average Bonchev–Trinajstić information content (AvgIpc) is 2.60. The van der Waals surface area contributed by atoms with Crippen LogP contribution in [0.2, 0.25) is 0 Å². The van der Waals surface area contributed by atoms with Gasteiger partial charge < -0.3 is 9.47 Å². The zero-order valence-electron chi connectivity index (χ0n) is 16.8. The van der Waals surface area contributed by atoms with Crippen LogP contribution < -0.4 is 0 Å². The normalized spacial score (nSPS) is 13.3. The van der Waals surface area contributed by atoms with Gasteiger partial charge in [-0.15, -0.1) is 17.6 Å². The molecule has 0 rings (SSSR count). The summed E-state index contributed by atoms with van der Waals surface area (Å²) in [5.41, 5.74) is 0. The van der Waals surface area contributed by atoms with Gasteiger partial charge in [0.05, 0.1) is 12.2 Å². The van der Waals surface area contributed by atoms with Crippen LogP contribution in [0.1, 0.15) is 39.5 Å². The zero-order valence-corrected chi connectivity index (χ0v) is 16.8. The van der Waals surface area contributed by atoms with Gasteiger partial charge in [0.1, 0.15) is 0 Å². The van der Waals surface area contributed by atoms with E-state index < -0.39 is 51.8 Å². The summed E-state index contributed by atoms with van der Waals surface area (Å²) in [7, 11) is 0. The van der Waals surface area contributed by atoms with Crippen LogP contribution in [-0.2, 0) is 14.2 Å². The molecule has 3 unspecified atom stereocenters. The molecule has 4 nitrogen and oxygen atoms in total. The lowest BCUT2D eigenvalue weighted by Gasteiger charge is -2.22. The van der Waals surface area contributed by atoms with Gasteiger partial charge in [0.15, 0.2) is 13.7 Å². The maximum absolute atomic E-state index is 12.0. The summed E-state index contributed by atoms with van der Waals surface area (Å²) in [5.74, 6) is 0. The molecule has 0 saturated carbocycles. The van der Waals surface area contributed by atoms with E-state index in [0.29, 0.717) is 12.8 Å². The summed E-state index contributed by atoms with van der Waals surface area (Å²) >= 11 is 0. The SMILES string of the molecule is CCCCC(CC(C)OCF)OC(F)(F)F.F.FCF.FCOC(F)C(F)(F)F.N#CF. The maximum atomic E-state index is 12.0. The van der Waals surface area contributed by atoms with Gasteiger partial charge in [-0.05, 0) is 19.8 Å². The molecular formula is C15H24F13NO3. The van der Waals surface area contributed by atoms with Crippen molar-refractivity contribution in [3.05, 3.63) is 0 Å². The summed E-state index contributed by atoms with van der Waals surface area (Å²) in [6.45, 7) is -1.11. The number of hydrogen-bond acceptors (Lipinski definition) is 4. The average molecular weight is 513 g/mol. The Morgan fingerprint density at radius 3 is 1.59 bits per heavy atom. The molecule has 17 heteroatoms. The van der Waals surface area contributed by atoms with E-state index in [0.717, 1.165) is 6.42 Å². The number of halogens is 13. The highest BCUT2D eigenvalue weighted by Crippen LogP contribution is 2.24. The van der Waals surface area contributed by atoms with Crippen molar-refractivity contribution in [2.24, 2.45) is 0 Å². The van der Waals surface area contributed by atoms with Crippen molar-refractivity contribution in [1.82, 2.24) is 0 Å². The molecule has 0 N–H and O–H groups in total. The molecule has 0 heterocycles. The number of hydrogen-bond donors (Lipinski definition) is 0. The van der Waals surface area contributed by atoms with Gasteiger partial charge in [0.25, 0.3) is 12.7 Å². The Balaban J connectivity index is -0.000000128. The minimum Gasteiger partial charge on any atom is -0.347 e. The van der Waals surface area contributed by atoms with E-state index in [4.69, 9.17) is 5.26 Å². The van der Waals surface area contributed by atoms with Gasteiger partial charge in [-0.1, -0.05) is 19.8 Å². The standard InChI is InChI=1S/C10H18F4O2.C3H3F5O.CH2F2.CFN.FH/c1-3-4-5-9(16-10(12,13)14)6-8(2)15-7-11;4-1-9-2(5)3(6,7)8;2*2-1-3;/h8-9H,3-7H2,1-2H3;2H,1H2;1H2;;1H. The molecule has 0 radical (unpaired) electrons. The third kappa shape index (κ3) is 39.0. The van der Waals surface area contributed by atoms with E-state index >= 15 is 0 Å². The summed E-state index contributed by atoms with van der Waals surface area (Å²) in [4.78, 5) is 0. The molecule has 0 aromatic heterocycles. The fraction of sp³-hybridized carbons (Fsp3) is 0.933. The van der Waals surface area contributed by atoms with Gasteiger partial charge in [0, 0.05) is 0 Å². The number of unbranched alkanes of at least 4 members (excludes halogenated alkanes) is 1. The molecule has 0 saturated heterocycles. The molecule has 0 aliphatic rings. The number of alkyl halides is 11. The van der Waals surface area contributed by atoms with E-state index in [9.17, 15) is 52.7 Å². The lowest BCUT2D eigenvalue weighted by Crippen LogP contribution is -2.27. The third-order valence-electron chi connectivity index (χ3n) is 2.59. The second-order valence-electron chi connectivity index (χ2n) is 4.97. The Kier molecular flexibility index (Phi) is 32.8. The van der Waals surface area contributed by atoms with Crippen LogP contribution in [0.25, 0.3) is 0 Å². The molecule has 0 aliphatic carbocycles. The molecule has 0 amide bonds. The first-order valence-corrected chi connectivity index (χ1v) is 8.12. The lowest BCUT2D eigenvalue weighted by molar-refractivity contribution is -0.345. The Morgan fingerprint density at radius 1 is 0.938 bits per heavy atom. The van der Waals surface area contributed by atoms with Crippen molar-refractivity contribution < 1.29 is 71.6 Å². The summed E-state index contributed by atoms with van der Waals surface area (Å²) in [5, 5.41) is 6.65. The highest BCUT2D eigenvalue weighted by molar-refractivity contribution is 4.64. The molecule has 3 atom stereocenters. The van der Waals surface area contributed by atoms with Crippen LogP contribution >= 0.6 is 0 Å². The van der Waals surface area contributed by atoms with Crippen molar-refractivity contribution >= 4 is 0 Å². The van der Waals surface area contributed by atoms with Crippen molar-refractivity contribution in [1.29, 1.82) is 5.26 Å². The smallest absolute Gasteiger partial charge is 0.347 e. The van der Waals surface area contributed by atoms with Gasteiger partial charge >= 0.3 is 12.5 Å². The van der Waals surface area contributed by atoms with E-state index in [-0.39, 0.29) is 17.4 Å². The van der Waals surface area contributed by atoms with E-state index in [1.54, 1.807) is 0 Å². The summed E-state index contributed by atoms with van der Waals surface area (Å²) in [6, 6.07) is 0.